The summed E-state index contributed by atoms with van der Waals surface area (Å²) in [4.78, 5) is 17.0. The lowest BCUT2D eigenvalue weighted by Crippen LogP contribution is -2.23. The van der Waals surface area contributed by atoms with Gasteiger partial charge in [-0.25, -0.2) is 4.79 Å². The molecule has 0 aliphatic carbocycles. The van der Waals surface area contributed by atoms with Gasteiger partial charge in [0, 0.05) is 9.86 Å². The van der Waals surface area contributed by atoms with Crippen molar-refractivity contribution in [3.8, 4) is 5.69 Å². The average molecular weight is 452 g/mol. The van der Waals surface area contributed by atoms with Gasteiger partial charge in [0.25, 0.3) is 0 Å². The van der Waals surface area contributed by atoms with E-state index in [-0.39, 0.29) is 0 Å². The minimum atomic E-state index is -0.487. The fourth-order valence-corrected chi connectivity index (χ4v) is 3.30. The number of halogens is 3. The SMILES string of the molecule is O=c1nc(Nc2cnoc2)c2cc(Cl)c(Br)cc2n1-c1ccccc1Cl. The Kier molecular flexibility index (Phi) is 4.44. The van der Waals surface area contributed by atoms with Gasteiger partial charge in [-0.05, 0) is 40.2 Å². The van der Waals surface area contributed by atoms with Crippen LogP contribution in [0.2, 0.25) is 10.0 Å². The highest BCUT2D eigenvalue weighted by atomic mass is 79.9. The molecule has 4 rings (SSSR count). The average Bonchev–Trinajstić information content (AvgIpc) is 3.11. The topological polar surface area (TPSA) is 73.0 Å². The van der Waals surface area contributed by atoms with Crippen LogP contribution in [-0.4, -0.2) is 14.7 Å². The molecule has 2 aromatic carbocycles. The number of fused-ring (bicyclic) bond motifs is 1. The zero-order chi connectivity index (χ0) is 18.3. The van der Waals surface area contributed by atoms with E-state index in [9.17, 15) is 4.79 Å². The second kappa shape index (κ2) is 6.75. The van der Waals surface area contributed by atoms with Gasteiger partial charge >= 0.3 is 5.69 Å². The van der Waals surface area contributed by atoms with Crippen molar-refractivity contribution >= 4 is 61.5 Å². The van der Waals surface area contributed by atoms with E-state index in [4.69, 9.17) is 27.7 Å². The first-order chi connectivity index (χ1) is 12.5. The number of hydrogen-bond donors (Lipinski definition) is 1. The minimum Gasteiger partial charge on any atom is -0.363 e. The number of nitrogens with zero attached hydrogens (tertiary/aromatic N) is 3. The van der Waals surface area contributed by atoms with Crippen LogP contribution in [0, 0.1) is 0 Å². The summed E-state index contributed by atoms with van der Waals surface area (Å²) < 4.78 is 6.90. The van der Waals surface area contributed by atoms with Crippen LogP contribution in [0.15, 0.2) is 62.6 Å². The highest BCUT2D eigenvalue weighted by Gasteiger charge is 2.16. The summed E-state index contributed by atoms with van der Waals surface area (Å²) in [6.07, 6.45) is 2.89. The Balaban J connectivity index is 2.05. The zero-order valence-corrected chi connectivity index (χ0v) is 16.0. The molecule has 0 fully saturated rings. The van der Waals surface area contributed by atoms with Gasteiger partial charge in [0.05, 0.1) is 27.4 Å². The summed E-state index contributed by atoms with van der Waals surface area (Å²) >= 11 is 16.0. The summed E-state index contributed by atoms with van der Waals surface area (Å²) in [5, 5.41) is 8.20. The first kappa shape index (κ1) is 17.1. The maximum atomic E-state index is 12.8. The van der Waals surface area contributed by atoms with Gasteiger partial charge in [0.2, 0.25) is 0 Å². The highest BCUT2D eigenvalue weighted by Crippen LogP contribution is 2.33. The molecule has 0 atom stereocenters. The molecule has 1 N–H and O–H groups in total. The summed E-state index contributed by atoms with van der Waals surface area (Å²) in [6, 6.07) is 10.5. The Bertz CT molecular complexity index is 1180. The monoisotopic (exact) mass is 450 g/mol. The van der Waals surface area contributed by atoms with E-state index in [2.05, 4.69) is 31.4 Å². The molecule has 130 valence electrons. The minimum absolute atomic E-state index is 0.339. The molecule has 9 heteroatoms. The van der Waals surface area contributed by atoms with Crippen molar-refractivity contribution in [1.29, 1.82) is 0 Å². The highest BCUT2D eigenvalue weighted by molar-refractivity contribution is 9.10. The molecule has 0 aliphatic heterocycles. The summed E-state index contributed by atoms with van der Waals surface area (Å²) in [7, 11) is 0. The van der Waals surface area contributed by atoms with Crippen LogP contribution in [0.1, 0.15) is 0 Å². The van der Waals surface area contributed by atoms with Gasteiger partial charge in [-0.15, -0.1) is 0 Å². The zero-order valence-electron chi connectivity index (χ0n) is 12.9. The lowest BCUT2D eigenvalue weighted by Gasteiger charge is -2.15. The van der Waals surface area contributed by atoms with E-state index in [1.165, 1.54) is 17.0 Å². The normalized spacial score (nSPS) is 11.0. The first-order valence-electron chi connectivity index (χ1n) is 7.37. The third-order valence-electron chi connectivity index (χ3n) is 3.72. The van der Waals surface area contributed by atoms with Crippen molar-refractivity contribution in [3.05, 3.63) is 73.9 Å². The number of para-hydroxylation sites is 1. The molecule has 6 nitrogen and oxygen atoms in total. The van der Waals surface area contributed by atoms with Crippen molar-refractivity contribution in [3.63, 3.8) is 0 Å². The van der Waals surface area contributed by atoms with Crippen molar-refractivity contribution in [2.45, 2.75) is 0 Å². The fourth-order valence-electron chi connectivity index (χ4n) is 2.58. The first-order valence-corrected chi connectivity index (χ1v) is 8.92. The Hall–Kier alpha value is -2.35. The van der Waals surface area contributed by atoms with Crippen LogP contribution in [-0.2, 0) is 0 Å². The van der Waals surface area contributed by atoms with E-state index >= 15 is 0 Å². The van der Waals surface area contributed by atoms with E-state index < -0.39 is 5.69 Å². The second-order valence-electron chi connectivity index (χ2n) is 5.35. The quantitative estimate of drug-likeness (QED) is 0.464. The van der Waals surface area contributed by atoms with Crippen molar-refractivity contribution in [2.75, 3.05) is 5.32 Å². The maximum absolute atomic E-state index is 12.8. The van der Waals surface area contributed by atoms with Gasteiger partial charge < -0.3 is 9.84 Å². The Labute approximate surface area is 165 Å². The number of nitrogens with one attached hydrogen (secondary N) is 1. The van der Waals surface area contributed by atoms with Crippen LogP contribution < -0.4 is 11.0 Å². The Morgan fingerprint density at radius 3 is 2.69 bits per heavy atom. The number of hydrogen-bond acceptors (Lipinski definition) is 5. The number of benzene rings is 2. The number of anilines is 2. The lowest BCUT2D eigenvalue weighted by molar-refractivity contribution is 0.420. The predicted molar refractivity (Wildman–Crippen MR) is 105 cm³/mol. The molecule has 0 unspecified atom stereocenters. The van der Waals surface area contributed by atoms with Crippen molar-refractivity contribution in [2.24, 2.45) is 0 Å². The molecule has 0 aliphatic rings. The van der Waals surface area contributed by atoms with Crippen molar-refractivity contribution in [1.82, 2.24) is 14.7 Å². The molecular weight excluding hydrogens is 443 g/mol. The van der Waals surface area contributed by atoms with Crippen molar-refractivity contribution < 1.29 is 4.52 Å². The molecule has 0 spiro atoms. The largest absolute Gasteiger partial charge is 0.363 e. The van der Waals surface area contributed by atoms with Gasteiger partial charge in [0.1, 0.15) is 17.8 Å². The Morgan fingerprint density at radius 2 is 1.96 bits per heavy atom. The van der Waals surface area contributed by atoms with E-state index in [1.54, 1.807) is 36.4 Å². The molecule has 0 saturated carbocycles. The Morgan fingerprint density at radius 1 is 1.15 bits per heavy atom. The standard InChI is InChI=1S/C17H9BrCl2N4O2/c18-11-6-15-10(5-13(11)20)16(22-9-7-21-26-8-9)23-17(25)24(15)14-4-2-1-3-12(14)19/h1-8H,(H,22,23,25). The smallest absolute Gasteiger partial charge is 0.354 e. The van der Waals surface area contributed by atoms with E-state index in [0.717, 1.165) is 0 Å². The van der Waals surface area contributed by atoms with Crippen LogP contribution in [0.5, 0.6) is 0 Å². The summed E-state index contributed by atoms with van der Waals surface area (Å²) in [5.41, 5.74) is 1.20. The molecule has 0 radical (unpaired) electrons. The molecule has 2 heterocycles. The fraction of sp³-hybridized carbons (Fsp3) is 0. The van der Waals surface area contributed by atoms with Crippen LogP contribution >= 0.6 is 39.1 Å². The molecule has 0 bridgehead atoms. The van der Waals surface area contributed by atoms with E-state index in [1.807, 2.05) is 0 Å². The van der Waals surface area contributed by atoms with Gasteiger partial charge in [-0.3, -0.25) is 4.57 Å². The van der Waals surface area contributed by atoms with Crippen LogP contribution in [0.3, 0.4) is 0 Å². The van der Waals surface area contributed by atoms with Gasteiger partial charge in [0.15, 0.2) is 0 Å². The second-order valence-corrected chi connectivity index (χ2v) is 7.02. The predicted octanol–water partition coefficient (Wildman–Crippen LogP) is 5.19. The number of rotatable bonds is 3. The van der Waals surface area contributed by atoms with Crippen LogP contribution in [0.25, 0.3) is 16.6 Å². The van der Waals surface area contributed by atoms with Crippen LogP contribution in [0.4, 0.5) is 11.5 Å². The molecule has 0 saturated heterocycles. The lowest BCUT2D eigenvalue weighted by atomic mass is 10.2. The van der Waals surface area contributed by atoms with Gasteiger partial charge in [-0.1, -0.05) is 40.5 Å². The third-order valence-corrected chi connectivity index (χ3v) is 5.24. The molecule has 2 aromatic heterocycles. The molecule has 4 aromatic rings. The van der Waals surface area contributed by atoms with Gasteiger partial charge in [-0.2, -0.15) is 4.98 Å². The number of aromatic nitrogens is 3. The maximum Gasteiger partial charge on any atom is 0.354 e. The molecular formula is C17H9BrCl2N4O2. The molecule has 26 heavy (non-hydrogen) atoms. The molecule has 0 amide bonds. The summed E-state index contributed by atoms with van der Waals surface area (Å²) in [5.74, 6) is 0.339. The summed E-state index contributed by atoms with van der Waals surface area (Å²) in [6.45, 7) is 0. The third kappa shape index (κ3) is 2.98. The van der Waals surface area contributed by atoms with E-state index in [0.29, 0.717) is 42.6 Å².